The molecule has 12 nitrogen and oxygen atoms in total. The van der Waals surface area contributed by atoms with Gasteiger partial charge in [0.25, 0.3) is 5.91 Å². The summed E-state index contributed by atoms with van der Waals surface area (Å²) in [6.07, 6.45) is 5.22. The molecule has 0 spiro atoms. The predicted octanol–water partition coefficient (Wildman–Crippen LogP) is 2.31. The Morgan fingerprint density at radius 1 is 1.16 bits per heavy atom. The first kappa shape index (κ1) is 30.9. The lowest BCUT2D eigenvalue weighted by atomic mass is 10.0. The Morgan fingerprint density at radius 3 is 2.61 bits per heavy atom. The smallest absolute Gasteiger partial charge is 0.328 e. The van der Waals surface area contributed by atoms with Gasteiger partial charge in [0.1, 0.15) is 18.3 Å². The van der Waals surface area contributed by atoms with Gasteiger partial charge < -0.3 is 35.3 Å². The molecule has 12 heteroatoms. The van der Waals surface area contributed by atoms with E-state index < -0.39 is 41.8 Å². The number of aromatic nitrogens is 3. The minimum absolute atomic E-state index is 0.224. The Kier molecular flexibility index (Phi) is 9.14. The van der Waals surface area contributed by atoms with Gasteiger partial charge in [-0.15, -0.1) is 0 Å². The fourth-order valence-electron chi connectivity index (χ4n) is 5.56. The third-order valence-corrected chi connectivity index (χ3v) is 7.99. The Hall–Kier alpha value is -4.52. The summed E-state index contributed by atoms with van der Waals surface area (Å²) in [5, 5.41) is 17.5. The molecule has 44 heavy (non-hydrogen) atoms. The fourth-order valence-corrected chi connectivity index (χ4v) is 5.56. The van der Waals surface area contributed by atoms with Gasteiger partial charge in [-0.2, -0.15) is 0 Å². The number of rotatable bonds is 11. The van der Waals surface area contributed by atoms with Gasteiger partial charge >= 0.3 is 5.97 Å². The first-order chi connectivity index (χ1) is 21.1. The molecule has 1 aliphatic heterocycles. The van der Waals surface area contributed by atoms with Gasteiger partial charge in [-0.1, -0.05) is 48.5 Å². The fraction of sp³-hybridized carbons (Fsp3) is 0.375. The molecule has 2 aromatic carbocycles. The van der Waals surface area contributed by atoms with E-state index in [-0.39, 0.29) is 18.1 Å². The summed E-state index contributed by atoms with van der Waals surface area (Å²) < 4.78 is 6.58. The Bertz CT molecular complexity index is 1610. The van der Waals surface area contributed by atoms with Gasteiger partial charge in [0.15, 0.2) is 5.82 Å². The largest absolute Gasteiger partial charge is 0.467 e. The number of hydrogen-bond acceptors (Lipinski definition) is 8. The van der Waals surface area contributed by atoms with Crippen molar-refractivity contribution in [3.8, 4) is 0 Å². The van der Waals surface area contributed by atoms with E-state index in [0.717, 1.165) is 16.5 Å². The number of carbonyl (C=O) groups is 3. The number of nitrogens with zero attached hydrogens (tertiary/aromatic N) is 3. The van der Waals surface area contributed by atoms with Crippen molar-refractivity contribution >= 4 is 34.5 Å². The number of anilines is 1. The van der Waals surface area contributed by atoms with Gasteiger partial charge in [0, 0.05) is 35.4 Å². The number of carbonyl (C=O) groups excluding carboxylic acids is 3. The van der Waals surface area contributed by atoms with Crippen LogP contribution in [0.25, 0.3) is 10.9 Å². The maximum absolute atomic E-state index is 13.9. The van der Waals surface area contributed by atoms with Crippen molar-refractivity contribution in [2.45, 2.75) is 63.0 Å². The lowest BCUT2D eigenvalue weighted by Gasteiger charge is -2.30. The number of imidazole rings is 1. The van der Waals surface area contributed by atoms with E-state index in [1.165, 1.54) is 13.4 Å². The number of para-hydroxylation sites is 1. The molecule has 0 radical (unpaired) electrons. The number of H-pyrrole nitrogens is 1. The number of likely N-dealkylation sites (tertiary alicyclic amines) is 1. The van der Waals surface area contributed by atoms with E-state index in [0.29, 0.717) is 24.9 Å². The maximum atomic E-state index is 13.9. The highest BCUT2D eigenvalue weighted by Crippen LogP contribution is 2.28. The average Bonchev–Trinajstić information content (AvgIpc) is 3.77. The molecule has 1 fully saturated rings. The van der Waals surface area contributed by atoms with Crippen LogP contribution in [0.2, 0.25) is 0 Å². The van der Waals surface area contributed by atoms with Crippen LogP contribution in [0.5, 0.6) is 0 Å². The van der Waals surface area contributed by atoms with Gasteiger partial charge in [0.05, 0.1) is 19.5 Å². The van der Waals surface area contributed by atoms with Crippen LogP contribution >= 0.6 is 0 Å². The molecule has 2 amide bonds. The zero-order chi connectivity index (χ0) is 31.4. The number of nitrogens with one attached hydrogen (secondary N) is 3. The lowest BCUT2D eigenvalue weighted by Crippen LogP contribution is -2.58. The van der Waals surface area contributed by atoms with E-state index in [2.05, 4.69) is 20.6 Å². The van der Waals surface area contributed by atoms with Crippen molar-refractivity contribution in [2.24, 2.45) is 5.73 Å². The number of benzene rings is 2. The summed E-state index contributed by atoms with van der Waals surface area (Å²) in [6, 6.07) is 14.6. The van der Waals surface area contributed by atoms with Gasteiger partial charge in [-0.05, 0) is 50.3 Å². The normalized spacial score (nSPS) is 17.3. The van der Waals surface area contributed by atoms with Gasteiger partial charge in [0.2, 0.25) is 5.91 Å². The highest BCUT2D eigenvalue weighted by molar-refractivity contribution is 5.95. The molecule has 232 valence electrons. The zero-order valence-corrected chi connectivity index (χ0v) is 25.1. The van der Waals surface area contributed by atoms with Crippen LogP contribution in [-0.4, -0.2) is 79.8 Å². The number of aliphatic hydroxyl groups is 1. The van der Waals surface area contributed by atoms with Gasteiger partial charge in [-0.25, -0.2) is 9.78 Å². The predicted molar refractivity (Wildman–Crippen MR) is 165 cm³/mol. The van der Waals surface area contributed by atoms with Crippen LogP contribution in [-0.2, 0) is 25.5 Å². The minimum atomic E-state index is -1.18. The van der Waals surface area contributed by atoms with E-state index in [9.17, 15) is 19.5 Å². The first-order valence-corrected chi connectivity index (χ1v) is 14.6. The Labute approximate surface area is 255 Å². The molecule has 4 atom stereocenters. The second-order valence-electron chi connectivity index (χ2n) is 11.7. The number of amides is 2. The molecule has 4 aromatic rings. The summed E-state index contributed by atoms with van der Waals surface area (Å²) in [5.74, 6) is -0.928. The average molecular weight is 602 g/mol. The Morgan fingerprint density at radius 2 is 1.89 bits per heavy atom. The first-order valence-electron chi connectivity index (χ1n) is 14.6. The van der Waals surface area contributed by atoms with Crippen LogP contribution in [0.4, 0.5) is 5.82 Å². The molecule has 1 aliphatic rings. The van der Waals surface area contributed by atoms with Crippen molar-refractivity contribution < 1.29 is 24.2 Å². The molecule has 0 bridgehead atoms. The van der Waals surface area contributed by atoms with Crippen LogP contribution in [0.3, 0.4) is 0 Å². The third kappa shape index (κ3) is 6.67. The third-order valence-electron chi connectivity index (χ3n) is 7.99. The molecular weight excluding hydrogens is 562 g/mol. The number of fused-ring (bicyclic) bond motifs is 1. The maximum Gasteiger partial charge on any atom is 0.328 e. The highest BCUT2D eigenvalue weighted by Gasteiger charge is 2.39. The number of esters is 1. The molecule has 1 saturated heterocycles. The molecule has 0 saturated carbocycles. The second-order valence-corrected chi connectivity index (χ2v) is 11.7. The number of nitrogens with two attached hydrogens (primary N) is 1. The van der Waals surface area contributed by atoms with E-state index in [1.54, 1.807) is 29.5 Å². The van der Waals surface area contributed by atoms with Crippen molar-refractivity contribution in [2.75, 3.05) is 19.0 Å². The van der Waals surface area contributed by atoms with E-state index >= 15 is 0 Å². The number of methoxy groups -OCH3 is 1. The number of hydrogen-bond donors (Lipinski definition) is 5. The molecule has 2 unspecified atom stereocenters. The number of aromatic amines is 1. The highest BCUT2D eigenvalue weighted by atomic mass is 16.5. The molecule has 5 rings (SSSR count). The molecule has 2 aromatic heterocycles. The Balaban J connectivity index is 1.40. The number of aliphatic hydroxyl groups excluding tert-OH is 1. The van der Waals surface area contributed by atoms with E-state index in [4.69, 9.17) is 10.5 Å². The standard InChI is InChI=1S/C32H39N7O5/c1-32(2,33)31(43)36-24(16-21-17-34-23-13-8-7-12-22(21)23)28(40)37-26-18-38(19-35-26)27(20-10-5-4-6-11-20)29(41)39-15-9-14-25(39)30(42)44-3/h4-8,10-13,17-19,24-25,27,31,34,36,43H,9,14-16,33H2,1-3H3,(H,37,40)/t24-,25+,27?,31?/m1/s1. The summed E-state index contributed by atoms with van der Waals surface area (Å²) in [4.78, 5) is 49.2. The molecule has 6 N–H and O–H groups in total. The summed E-state index contributed by atoms with van der Waals surface area (Å²) in [5.41, 5.74) is 7.64. The van der Waals surface area contributed by atoms with Crippen LogP contribution in [0.1, 0.15) is 43.9 Å². The summed E-state index contributed by atoms with van der Waals surface area (Å²) >= 11 is 0. The summed E-state index contributed by atoms with van der Waals surface area (Å²) in [6.45, 7) is 3.76. The van der Waals surface area contributed by atoms with Crippen molar-refractivity contribution in [3.05, 3.63) is 84.4 Å². The van der Waals surface area contributed by atoms with Crippen LogP contribution in [0.15, 0.2) is 73.3 Å². The van der Waals surface area contributed by atoms with E-state index in [1.807, 2.05) is 60.8 Å². The monoisotopic (exact) mass is 601 g/mol. The minimum Gasteiger partial charge on any atom is -0.467 e. The quantitative estimate of drug-likeness (QED) is 0.129. The topological polar surface area (TPSA) is 168 Å². The van der Waals surface area contributed by atoms with Crippen molar-refractivity contribution in [1.82, 2.24) is 24.8 Å². The van der Waals surface area contributed by atoms with Crippen LogP contribution in [0, 0.1) is 0 Å². The molecule has 3 heterocycles. The van der Waals surface area contributed by atoms with Crippen molar-refractivity contribution in [1.29, 1.82) is 0 Å². The molecule has 0 aliphatic carbocycles. The molecular formula is C32H39N7O5. The summed E-state index contributed by atoms with van der Waals surface area (Å²) in [7, 11) is 1.32. The number of ether oxygens (including phenoxy) is 1. The van der Waals surface area contributed by atoms with Gasteiger partial charge in [-0.3, -0.25) is 14.9 Å². The van der Waals surface area contributed by atoms with Crippen LogP contribution < -0.4 is 16.4 Å². The lowest BCUT2D eigenvalue weighted by molar-refractivity contribution is -0.151. The zero-order valence-electron chi connectivity index (χ0n) is 25.1. The second kappa shape index (κ2) is 13.0. The van der Waals surface area contributed by atoms with Crippen molar-refractivity contribution in [3.63, 3.8) is 0 Å². The SMILES string of the molecule is COC(=O)[C@@H]1CCCN1C(=O)C(c1ccccc1)n1cnc(NC(=O)[C@@H](Cc2c[nH]c3ccccc23)NC(O)C(C)(C)N)c1.